The quantitative estimate of drug-likeness (QED) is 0.615. The number of phenols is 2. The molecule has 0 spiro atoms. The number of benzene rings is 1. The summed E-state index contributed by atoms with van der Waals surface area (Å²) in [4.78, 5) is 0. The zero-order valence-corrected chi connectivity index (χ0v) is 11.2. The average Bonchev–Trinajstić information content (AvgIpc) is 2.44. The molecule has 4 N–H and O–H groups in total. The van der Waals surface area contributed by atoms with E-state index in [0.29, 0.717) is 12.1 Å². The standard InChI is InChI=1S/C15H23NO3/c17-11-15(7-2-1-3-8-15)10-16-9-12-5-4-6-13(18)14(12)19/h4-6,16-19H,1-3,7-11H2. The van der Waals surface area contributed by atoms with Crippen LogP contribution < -0.4 is 5.32 Å². The maximum atomic E-state index is 9.72. The van der Waals surface area contributed by atoms with Crippen LogP contribution in [0.5, 0.6) is 11.5 Å². The van der Waals surface area contributed by atoms with Crippen molar-refractivity contribution < 1.29 is 15.3 Å². The van der Waals surface area contributed by atoms with E-state index in [1.165, 1.54) is 25.3 Å². The molecular formula is C15H23NO3. The fourth-order valence-corrected chi connectivity index (χ4v) is 2.88. The second-order valence-electron chi connectivity index (χ2n) is 5.61. The molecule has 0 bridgehead atoms. The smallest absolute Gasteiger partial charge is 0.161 e. The maximum Gasteiger partial charge on any atom is 0.161 e. The Morgan fingerprint density at radius 1 is 1.11 bits per heavy atom. The van der Waals surface area contributed by atoms with E-state index >= 15 is 0 Å². The highest BCUT2D eigenvalue weighted by molar-refractivity contribution is 5.44. The van der Waals surface area contributed by atoms with Gasteiger partial charge in [-0.2, -0.15) is 0 Å². The van der Waals surface area contributed by atoms with Crippen LogP contribution in [0.3, 0.4) is 0 Å². The topological polar surface area (TPSA) is 72.7 Å². The van der Waals surface area contributed by atoms with Crippen LogP contribution in [0.1, 0.15) is 37.7 Å². The predicted octanol–water partition coefficient (Wildman–Crippen LogP) is 2.13. The number of aliphatic hydroxyl groups is 1. The SMILES string of the molecule is OCC1(CNCc2cccc(O)c2O)CCCCC1. The van der Waals surface area contributed by atoms with E-state index in [1.807, 2.05) is 0 Å². The second kappa shape index (κ2) is 6.26. The van der Waals surface area contributed by atoms with E-state index < -0.39 is 0 Å². The number of rotatable bonds is 5. The summed E-state index contributed by atoms with van der Waals surface area (Å²) in [7, 11) is 0. The van der Waals surface area contributed by atoms with Crippen molar-refractivity contribution in [2.24, 2.45) is 5.41 Å². The van der Waals surface area contributed by atoms with E-state index in [0.717, 1.165) is 19.4 Å². The molecule has 0 unspecified atom stereocenters. The van der Waals surface area contributed by atoms with Crippen LogP contribution in [0.4, 0.5) is 0 Å². The molecule has 106 valence electrons. The Balaban J connectivity index is 1.90. The Bertz CT molecular complexity index is 414. The van der Waals surface area contributed by atoms with Gasteiger partial charge in [0.1, 0.15) is 0 Å². The zero-order chi connectivity index (χ0) is 13.7. The fourth-order valence-electron chi connectivity index (χ4n) is 2.88. The minimum atomic E-state index is -0.0890. The molecule has 0 aliphatic heterocycles. The lowest BCUT2D eigenvalue weighted by Crippen LogP contribution is -2.38. The molecule has 1 saturated carbocycles. The van der Waals surface area contributed by atoms with E-state index in [9.17, 15) is 15.3 Å². The van der Waals surface area contributed by atoms with Gasteiger partial charge in [0.2, 0.25) is 0 Å². The average molecular weight is 265 g/mol. The summed E-state index contributed by atoms with van der Waals surface area (Å²) in [5.41, 5.74) is 0.675. The number of hydrogen-bond donors (Lipinski definition) is 4. The Labute approximate surface area is 114 Å². The van der Waals surface area contributed by atoms with Gasteiger partial charge in [-0.1, -0.05) is 31.4 Å². The highest BCUT2D eigenvalue weighted by Crippen LogP contribution is 2.35. The van der Waals surface area contributed by atoms with Crippen molar-refractivity contribution in [1.29, 1.82) is 0 Å². The van der Waals surface area contributed by atoms with Crippen molar-refractivity contribution in [2.75, 3.05) is 13.2 Å². The lowest BCUT2D eigenvalue weighted by molar-refractivity contribution is 0.0810. The van der Waals surface area contributed by atoms with E-state index in [-0.39, 0.29) is 23.5 Å². The third-order valence-electron chi connectivity index (χ3n) is 4.16. The van der Waals surface area contributed by atoms with Gasteiger partial charge in [0.15, 0.2) is 11.5 Å². The molecule has 0 saturated heterocycles. The Hall–Kier alpha value is -1.26. The minimum Gasteiger partial charge on any atom is -0.504 e. The first-order valence-corrected chi connectivity index (χ1v) is 6.98. The van der Waals surface area contributed by atoms with Crippen molar-refractivity contribution >= 4 is 0 Å². The van der Waals surface area contributed by atoms with Gasteiger partial charge in [0.05, 0.1) is 0 Å². The number of hydrogen-bond acceptors (Lipinski definition) is 4. The van der Waals surface area contributed by atoms with Crippen LogP contribution in [0.15, 0.2) is 18.2 Å². The van der Waals surface area contributed by atoms with E-state index in [4.69, 9.17) is 0 Å². The first kappa shape index (κ1) is 14.2. The summed E-state index contributed by atoms with van der Waals surface area (Å²) in [6.07, 6.45) is 5.74. The largest absolute Gasteiger partial charge is 0.504 e. The molecule has 4 nitrogen and oxygen atoms in total. The molecule has 2 rings (SSSR count). The van der Waals surface area contributed by atoms with Gasteiger partial charge in [-0.25, -0.2) is 0 Å². The molecule has 1 aliphatic carbocycles. The number of para-hydroxylation sites is 1. The Morgan fingerprint density at radius 2 is 1.84 bits per heavy atom. The van der Waals surface area contributed by atoms with Crippen LogP contribution in [-0.4, -0.2) is 28.5 Å². The number of aliphatic hydroxyl groups excluding tert-OH is 1. The van der Waals surface area contributed by atoms with Crippen molar-refractivity contribution in [1.82, 2.24) is 5.32 Å². The monoisotopic (exact) mass is 265 g/mol. The molecule has 4 heteroatoms. The van der Waals surface area contributed by atoms with Gasteiger partial charge in [-0.05, 0) is 18.9 Å². The summed E-state index contributed by atoms with van der Waals surface area (Å²) < 4.78 is 0. The third-order valence-corrected chi connectivity index (χ3v) is 4.16. The number of aromatic hydroxyl groups is 2. The van der Waals surface area contributed by atoms with Crippen molar-refractivity contribution in [3.8, 4) is 11.5 Å². The van der Waals surface area contributed by atoms with Gasteiger partial charge in [-0.3, -0.25) is 0 Å². The van der Waals surface area contributed by atoms with Crippen LogP contribution in [0.2, 0.25) is 0 Å². The summed E-state index contributed by atoms with van der Waals surface area (Å²) in [6.45, 7) is 1.46. The molecule has 0 amide bonds. The lowest BCUT2D eigenvalue weighted by Gasteiger charge is -2.35. The van der Waals surface area contributed by atoms with Gasteiger partial charge in [-0.15, -0.1) is 0 Å². The summed E-state index contributed by atoms with van der Waals surface area (Å²) in [5.74, 6) is -0.148. The maximum absolute atomic E-state index is 9.72. The van der Waals surface area contributed by atoms with Gasteiger partial charge in [0, 0.05) is 30.7 Å². The molecule has 0 heterocycles. The van der Waals surface area contributed by atoms with Crippen molar-refractivity contribution in [2.45, 2.75) is 38.6 Å². The zero-order valence-electron chi connectivity index (χ0n) is 11.2. The summed E-state index contributed by atoms with van der Waals surface area (Å²) >= 11 is 0. The van der Waals surface area contributed by atoms with Crippen LogP contribution in [0.25, 0.3) is 0 Å². The molecular weight excluding hydrogens is 242 g/mol. The predicted molar refractivity (Wildman–Crippen MR) is 74.1 cm³/mol. The molecule has 1 aromatic rings. The first-order chi connectivity index (χ1) is 9.17. The normalized spacial score (nSPS) is 18.4. The summed E-state index contributed by atoms with van der Waals surface area (Å²) in [5, 5.41) is 32.1. The van der Waals surface area contributed by atoms with Gasteiger partial charge in [0.25, 0.3) is 0 Å². The molecule has 0 atom stereocenters. The van der Waals surface area contributed by atoms with E-state index in [2.05, 4.69) is 5.32 Å². The van der Waals surface area contributed by atoms with Gasteiger partial charge < -0.3 is 20.6 Å². The lowest BCUT2D eigenvalue weighted by atomic mass is 9.74. The molecule has 1 aliphatic rings. The van der Waals surface area contributed by atoms with Crippen LogP contribution >= 0.6 is 0 Å². The minimum absolute atomic E-state index is 0.00923. The van der Waals surface area contributed by atoms with Crippen molar-refractivity contribution in [3.63, 3.8) is 0 Å². The number of phenolic OH excluding ortho intramolecular Hbond substituents is 2. The highest BCUT2D eigenvalue weighted by atomic mass is 16.3. The Morgan fingerprint density at radius 3 is 2.53 bits per heavy atom. The molecule has 1 fully saturated rings. The molecule has 19 heavy (non-hydrogen) atoms. The van der Waals surface area contributed by atoms with Crippen LogP contribution in [-0.2, 0) is 6.54 Å². The van der Waals surface area contributed by atoms with Gasteiger partial charge >= 0.3 is 0 Å². The molecule has 0 aromatic heterocycles. The van der Waals surface area contributed by atoms with Crippen LogP contribution in [0, 0.1) is 5.41 Å². The molecule has 0 radical (unpaired) electrons. The molecule has 1 aromatic carbocycles. The highest BCUT2D eigenvalue weighted by Gasteiger charge is 2.30. The fraction of sp³-hybridized carbons (Fsp3) is 0.600. The third kappa shape index (κ3) is 3.39. The van der Waals surface area contributed by atoms with Crippen molar-refractivity contribution in [3.05, 3.63) is 23.8 Å². The number of nitrogens with one attached hydrogen (secondary N) is 1. The summed E-state index contributed by atoms with van der Waals surface area (Å²) in [6, 6.07) is 4.97. The van der Waals surface area contributed by atoms with E-state index in [1.54, 1.807) is 12.1 Å². The second-order valence-corrected chi connectivity index (χ2v) is 5.61. The Kier molecular flexibility index (Phi) is 4.66. The first-order valence-electron chi connectivity index (χ1n) is 6.98.